The summed E-state index contributed by atoms with van der Waals surface area (Å²) in [5.74, 6) is -9.16. The number of phenolic OH excluding ortho intramolecular Hbond substituents is 1. The molecule has 3 aliphatic carbocycles. The molecule has 9 N–H and O–H groups in total. The molecule has 1 aromatic carbocycles. The Kier molecular flexibility index (Phi) is 6.31. The van der Waals surface area contributed by atoms with Gasteiger partial charge < -0.3 is 37.0 Å². The summed E-state index contributed by atoms with van der Waals surface area (Å²) in [5, 5.41) is 57.3. The van der Waals surface area contributed by atoms with Crippen LogP contribution in [-0.2, 0) is 26.3 Å². The topological polar surface area (TPSA) is 208 Å². The van der Waals surface area contributed by atoms with E-state index in [-0.39, 0.29) is 17.9 Å². The zero-order valence-electron chi connectivity index (χ0n) is 22.2. The molecular formula is C27H35N3O8. The van der Waals surface area contributed by atoms with E-state index in [0.29, 0.717) is 16.7 Å². The molecule has 206 valence electrons. The maximum Gasteiger partial charge on any atom is 0.255 e. The van der Waals surface area contributed by atoms with Crippen LogP contribution in [0, 0.1) is 11.8 Å². The molecule has 0 aromatic heterocycles. The molecule has 0 unspecified atom stereocenters. The van der Waals surface area contributed by atoms with E-state index in [0.717, 1.165) is 0 Å². The number of aliphatic hydroxyl groups excluding tert-OH is 3. The molecule has 4 rings (SSSR count). The van der Waals surface area contributed by atoms with Gasteiger partial charge in [0.15, 0.2) is 11.4 Å². The van der Waals surface area contributed by atoms with Crippen molar-refractivity contribution in [3.63, 3.8) is 0 Å². The number of nitrogens with two attached hydrogens (primary N) is 2. The number of rotatable bonds is 3. The van der Waals surface area contributed by atoms with Crippen LogP contribution < -0.4 is 11.5 Å². The Balaban J connectivity index is 2.11. The highest BCUT2D eigenvalue weighted by Gasteiger charge is 2.68. The van der Waals surface area contributed by atoms with Gasteiger partial charge in [-0.3, -0.25) is 19.3 Å². The zero-order chi connectivity index (χ0) is 28.8. The number of aliphatic hydroxyl groups is 4. The number of hydrogen-bond acceptors (Lipinski definition) is 10. The van der Waals surface area contributed by atoms with E-state index in [1.165, 1.54) is 19.0 Å². The largest absolute Gasteiger partial charge is 0.508 e. The summed E-state index contributed by atoms with van der Waals surface area (Å²) in [5.41, 5.74) is 7.93. The summed E-state index contributed by atoms with van der Waals surface area (Å²) < 4.78 is 0. The summed E-state index contributed by atoms with van der Waals surface area (Å²) >= 11 is 0. The molecule has 1 amide bonds. The fourth-order valence-corrected chi connectivity index (χ4v) is 6.61. The Morgan fingerprint density at radius 3 is 2.21 bits per heavy atom. The van der Waals surface area contributed by atoms with Crippen LogP contribution in [0.15, 0.2) is 23.0 Å². The first-order valence-electron chi connectivity index (χ1n) is 12.4. The van der Waals surface area contributed by atoms with E-state index in [2.05, 4.69) is 0 Å². The Hall–Kier alpha value is -3.25. The molecule has 0 radical (unpaired) electrons. The first kappa shape index (κ1) is 27.8. The number of carbonyl (C=O) groups is 3. The van der Waals surface area contributed by atoms with Crippen LogP contribution in [-0.4, -0.2) is 79.7 Å². The number of nitrogens with zero attached hydrogens (tertiary/aromatic N) is 1. The first-order valence-corrected chi connectivity index (χ1v) is 12.4. The third-order valence-corrected chi connectivity index (χ3v) is 8.34. The van der Waals surface area contributed by atoms with Crippen molar-refractivity contribution in [2.24, 2.45) is 23.3 Å². The number of primary amides is 1. The highest BCUT2D eigenvalue weighted by atomic mass is 16.4. The van der Waals surface area contributed by atoms with Crippen molar-refractivity contribution in [2.45, 2.75) is 63.3 Å². The Morgan fingerprint density at radius 2 is 1.74 bits per heavy atom. The fourth-order valence-electron chi connectivity index (χ4n) is 6.61. The number of aromatic hydroxyl groups is 1. The number of phenols is 1. The van der Waals surface area contributed by atoms with Crippen LogP contribution in [0.25, 0.3) is 5.76 Å². The van der Waals surface area contributed by atoms with E-state index in [1.807, 2.05) is 20.8 Å². The van der Waals surface area contributed by atoms with Crippen LogP contribution in [0.2, 0.25) is 0 Å². The molecule has 1 fully saturated rings. The quantitative estimate of drug-likeness (QED) is 0.266. The molecule has 1 saturated carbocycles. The van der Waals surface area contributed by atoms with Gasteiger partial charge in [-0.15, -0.1) is 0 Å². The smallest absolute Gasteiger partial charge is 0.255 e. The van der Waals surface area contributed by atoms with Crippen LogP contribution in [0.4, 0.5) is 0 Å². The first-order chi connectivity index (χ1) is 17.4. The Bertz CT molecular complexity index is 1340. The number of Topliss-reactive ketones (excluding diaryl/α,β-unsaturated/α-hetero) is 2. The van der Waals surface area contributed by atoms with Crippen molar-refractivity contribution in [1.29, 1.82) is 0 Å². The van der Waals surface area contributed by atoms with Crippen molar-refractivity contribution < 1.29 is 39.9 Å². The second-order valence-corrected chi connectivity index (χ2v) is 11.7. The predicted molar refractivity (Wildman–Crippen MR) is 137 cm³/mol. The van der Waals surface area contributed by atoms with Gasteiger partial charge in [0.2, 0.25) is 5.78 Å². The van der Waals surface area contributed by atoms with Crippen molar-refractivity contribution in [1.82, 2.24) is 4.90 Å². The molecule has 3 aliphatic rings. The van der Waals surface area contributed by atoms with Gasteiger partial charge in [-0.2, -0.15) is 0 Å². The molecule has 38 heavy (non-hydrogen) atoms. The maximum absolute atomic E-state index is 14.1. The summed E-state index contributed by atoms with van der Waals surface area (Å²) in [7, 11) is 2.92. The molecule has 11 nitrogen and oxygen atoms in total. The van der Waals surface area contributed by atoms with E-state index in [4.69, 9.17) is 11.5 Å². The summed E-state index contributed by atoms with van der Waals surface area (Å²) in [4.78, 5) is 40.8. The normalized spacial score (nSPS) is 31.4. The van der Waals surface area contributed by atoms with Crippen molar-refractivity contribution >= 4 is 23.2 Å². The zero-order valence-corrected chi connectivity index (χ0v) is 22.2. The minimum Gasteiger partial charge on any atom is -0.508 e. The SMILES string of the molecule is C[C@H]1c2c(CN)cc(C(C)(C)C)c(O)c2C(O)=C2C(=O)[C@]3(O)C(O)=C(C(N)=O)C(=O)[C@@H](N(C)C)[C@@H]3[C@@H](O)[C@@H]21. The predicted octanol–water partition coefficient (Wildman–Crippen LogP) is 0.252. The number of ketones is 2. The Morgan fingerprint density at radius 1 is 1.16 bits per heavy atom. The number of likely N-dealkylation sites (N-methyl/N-ethyl adjacent to an activating group) is 1. The van der Waals surface area contributed by atoms with Crippen molar-refractivity contribution in [2.75, 3.05) is 14.1 Å². The second kappa shape index (κ2) is 8.63. The minimum absolute atomic E-state index is 0.0348. The van der Waals surface area contributed by atoms with Crippen LogP contribution >= 0.6 is 0 Å². The minimum atomic E-state index is -2.95. The highest BCUT2D eigenvalue weighted by Crippen LogP contribution is 2.57. The molecule has 11 heteroatoms. The summed E-state index contributed by atoms with van der Waals surface area (Å²) in [6.45, 7) is 7.28. The van der Waals surface area contributed by atoms with Gasteiger partial charge >= 0.3 is 0 Å². The molecule has 6 atom stereocenters. The number of hydrogen-bond donors (Lipinski definition) is 7. The number of amides is 1. The third-order valence-electron chi connectivity index (χ3n) is 8.34. The van der Waals surface area contributed by atoms with Gasteiger partial charge in [0, 0.05) is 23.6 Å². The monoisotopic (exact) mass is 529 g/mol. The lowest BCUT2D eigenvalue weighted by atomic mass is 9.54. The molecule has 0 saturated heterocycles. The van der Waals surface area contributed by atoms with Gasteiger partial charge in [-0.25, -0.2) is 0 Å². The lowest BCUT2D eigenvalue weighted by Gasteiger charge is -2.54. The summed E-state index contributed by atoms with van der Waals surface area (Å²) in [6, 6.07) is 0.330. The summed E-state index contributed by atoms with van der Waals surface area (Å²) in [6.07, 6.45) is -1.65. The molecule has 0 aliphatic heterocycles. The van der Waals surface area contributed by atoms with Gasteiger partial charge in [0.25, 0.3) is 5.91 Å². The number of fused-ring (bicyclic) bond motifs is 3. The van der Waals surface area contributed by atoms with E-state index in [9.17, 15) is 39.9 Å². The fraction of sp³-hybridized carbons (Fsp3) is 0.519. The van der Waals surface area contributed by atoms with E-state index in [1.54, 1.807) is 13.0 Å². The third kappa shape index (κ3) is 3.39. The number of carbonyl (C=O) groups excluding carboxylic acids is 3. The van der Waals surface area contributed by atoms with Crippen LogP contribution in [0.5, 0.6) is 5.75 Å². The molecule has 0 bridgehead atoms. The lowest BCUT2D eigenvalue weighted by Crippen LogP contribution is -2.70. The van der Waals surface area contributed by atoms with Crippen molar-refractivity contribution in [3.8, 4) is 5.75 Å². The average molecular weight is 530 g/mol. The maximum atomic E-state index is 14.1. The molecule has 0 spiro atoms. The second-order valence-electron chi connectivity index (χ2n) is 11.7. The standard InChI is InChI=1S/C27H35N3O8/c1-9-12-10(8-28)7-11(26(2,3)4)19(31)14(12)20(32)15-13(9)21(33)17-18(30(5)6)22(34)16(25(29)37)24(36)27(17,38)23(15)35/h7,9,13,17-18,21,31-33,36,38H,8,28H2,1-6H3,(H2,29,37)/t9-,13+,17+,18-,21-,27-/m0/s1. The van der Waals surface area contributed by atoms with Gasteiger partial charge in [-0.05, 0) is 42.6 Å². The molecular weight excluding hydrogens is 494 g/mol. The van der Waals surface area contributed by atoms with Crippen LogP contribution in [0.3, 0.4) is 0 Å². The lowest BCUT2D eigenvalue weighted by molar-refractivity contribution is -0.169. The van der Waals surface area contributed by atoms with Gasteiger partial charge in [-0.1, -0.05) is 27.7 Å². The van der Waals surface area contributed by atoms with Crippen molar-refractivity contribution in [3.05, 3.63) is 45.2 Å². The van der Waals surface area contributed by atoms with Gasteiger partial charge in [0.05, 0.1) is 23.6 Å². The van der Waals surface area contributed by atoms with E-state index < -0.39 is 81.1 Å². The number of benzene rings is 1. The Labute approximate surface area is 220 Å². The van der Waals surface area contributed by atoms with Crippen LogP contribution in [0.1, 0.15) is 55.9 Å². The van der Waals surface area contributed by atoms with Gasteiger partial charge in [0.1, 0.15) is 22.8 Å². The van der Waals surface area contributed by atoms with E-state index >= 15 is 0 Å². The highest BCUT2D eigenvalue weighted by molar-refractivity contribution is 6.24. The molecule has 1 aromatic rings. The molecule has 0 heterocycles. The average Bonchev–Trinajstić information content (AvgIpc) is 2.80.